The number of benzene rings is 2. The van der Waals surface area contributed by atoms with Crippen LogP contribution in [0.5, 0.6) is 11.5 Å². The van der Waals surface area contributed by atoms with Crippen molar-refractivity contribution in [1.29, 1.82) is 0 Å². The molecule has 0 radical (unpaired) electrons. The van der Waals surface area contributed by atoms with E-state index in [-0.39, 0.29) is 17.8 Å². The molecule has 3 aliphatic rings. The van der Waals surface area contributed by atoms with Gasteiger partial charge in [-0.2, -0.15) is 0 Å². The van der Waals surface area contributed by atoms with Gasteiger partial charge < -0.3 is 18.9 Å². The van der Waals surface area contributed by atoms with E-state index in [1.807, 2.05) is 48.5 Å². The highest BCUT2D eigenvalue weighted by atomic mass is 16.7. The zero-order valence-corrected chi connectivity index (χ0v) is 15.1. The molecule has 27 heavy (non-hydrogen) atoms. The molecule has 0 unspecified atom stereocenters. The van der Waals surface area contributed by atoms with Crippen LogP contribution in [0.4, 0.5) is 0 Å². The predicted molar refractivity (Wildman–Crippen MR) is 97.6 cm³/mol. The third-order valence-corrected chi connectivity index (χ3v) is 5.81. The monoisotopic (exact) mass is 366 g/mol. The summed E-state index contributed by atoms with van der Waals surface area (Å²) in [5.41, 5.74) is 2.17. The number of ether oxygens (including phenoxy) is 4. The van der Waals surface area contributed by atoms with E-state index in [0.29, 0.717) is 32.0 Å². The van der Waals surface area contributed by atoms with E-state index in [1.54, 1.807) is 0 Å². The fraction of sp³-hybridized carbons (Fsp3) is 0.409. The van der Waals surface area contributed by atoms with Gasteiger partial charge >= 0.3 is 5.97 Å². The van der Waals surface area contributed by atoms with Crippen LogP contribution in [0.15, 0.2) is 48.5 Å². The molecule has 1 aliphatic carbocycles. The fourth-order valence-electron chi connectivity index (χ4n) is 4.46. The Morgan fingerprint density at radius 2 is 1.85 bits per heavy atom. The van der Waals surface area contributed by atoms with Crippen LogP contribution in [0, 0.1) is 5.92 Å². The van der Waals surface area contributed by atoms with Gasteiger partial charge in [0.1, 0.15) is 18.1 Å². The molecule has 5 nitrogen and oxygen atoms in total. The van der Waals surface area contributed by atoms with Crippen LogP contribution in [0.2, 0.25) is 0 Å². The lowest BCUT2D eigenvalue weighted by atomic mass is 9.71. The van der Waals surface area contributed by atoms with Crippen molar-refractivity contribution >= 4 is 5.97 Å². The molecule has 0 N–H and O–H groups in total. The lowest BCUT2D eigenvalue weighted by Crippen LogP contribution is -2.45. The van der Waals surface area contributed by atoms with E-state index < -0.39 is 5.79 Å². The molecule has 1 saturated carbocycles. The minimum atomic E-state index is -0.598. The first-order valence-corrected chi connectivity index (χ1v) is 9.53. The van der Waals surface area contributed by atoms with Crippen LogP contribution in [0.3, 0.4) is 0 Å². The van der Waals surface area contributed by atoms with E-state index >= 15 is 0 Å². The number of carbonyl (C=O) groups excluding carboxylic acids is 1. The summed E-state index contributed by atoms with van der Waals surface area (Å²) in [5.74, 6) is 0.567. The summed E-state index contributed by atoms with van der Waals surface area (Å²) in [7, 11) is 0. The third-order valence-electron chi connectivity index (χ3n) is 5.81. The van der Waals surface area contributed by atoms with Crippen molar-refractivity contribution < 1.29 is 23.7 Å². The minimum absolute atomic E-state index is 0.125. The van der Waals surface area contributed by atoms with Crippen molar-refractivity contribution in [3.05, 3.63) is 59.7 Å². The molecule has 5 rings (SSSR count). The van der Waals surface area contributed by atoms with Gasteiger partial charge in [0, 0.05) is 24.3 Å². The largest absolute Gasteiger partial charge is 0.489 e. The van der Waals surface area contributed by atoms with E-state index in [1.165, 1.54) is 0 Å². The summed E-state index contributed by atoms with van der Waals surface area (Å²) in [4.78, 5) is 12.6. The van der Waals surface area contributed by atoms with Crippen molar-refractivity contribution in [3.63, 3.8) is 0 Å². The summed E-state index contributed by atoms with van der Waals surface area (Å²) >= 11 is 0. The van der Waals surface area contributed by atoms with Crippen LogP contribution in [0.25, 0.3) is 0 Å². The number of esters is 1. The molecule has 2 fully saturated rings. The summed E-state index contributed by atoms with van der Waals surface area (Å²) in [6.45, 7) is 1.71. The van der Waals surface area contributed by atoms with Gasteiger partial charge in [-0.25, -0.2) is 0 Å². The van der Waals surface area contributed by atoms with E-state index in [0.717, 1.165) is 29.7 Å². The predicted octanol–water partition coefficient (Wildman–Crippen LogP) is 3.81. The van der Waals surface area contributed by atoms with Gasteiger partial charge in [0.25, 0.3) is 0 Å². The lowest BCUT2D eigenvalue weighted by Gasteiger charge is -2.42. The highest BCUT2D eigenvalue weighted by Crippen LogP contribution is 2.51. The van der Waals surface area contributed by atoms with Crippen molar-refractivity contribution in [3.8, 4) is 11.5 Å². The van der Waals surface area contributed by atoms with Gasteiger partial charge in [0.15, 0.2) is 5.79 Å². The molecule has 140 valence electrons. The molecule has 2 aliphatic heterocycles. The average molecular weight is 366 g/mol. The maximum atomic E-state index is 12.6. The van der Waals surface area contributed by atoms with Crippen molar-refractivity contribution in [2.45, 2.75) is 37.6 Å². The van der Waals surface area contributed by atoms with Gasteiger partial charge in [-0.05, 0) is 30.2 Å². The Balaban J connectivity index is 1.37. The number of hydrogen-bond acceptors (Lipinski definition) is 5. The highest BCUT2D eigenvalue weighted by Gasteiger charge is 2.50. The first kappa shape index (κ1) is 16.8. The normalized spacial score (nSPS) is 25.6. The molecule has 2 aromatic carbocycles. The maximum absolute atomic E-state index is 12.6. The van der Waals surface area contributed by atoms with Crippen LogP contribution in [0.1, 0.15) is 36.3 Å². The number of carbonyl (C=O) groups is 1. The van der Waals surface area contributed by atoms with E-state index in [2.05, 4.69) is 0 Å². The summed E-state index contributed by atoms with van der Waals surface area (Å²) in [6, 6.07) is 15.8. The molecule has 1 spiro atoms. The zero-order chi connectivity index (χ0) is 18.3. The Labute approximate surface area is 158 Å². The smallest absolute Gasteiger partial charge is 0.315 e. The Hall–Kier alpha value is -2.37. The minimum Gasteiger partial charge on any atom is -0.489 e. The molecule has 2 heterocycles. The topological polar surface area (TPSA) is 54.0 Å². The summed E-state index contributed by atoms with van der Waals surface area (Å²) in [6.07, 6.45) is 2.20. The molecule has 5 heteroatoms. The zero-order valence-electron chi connectivity index (χ0n) is 15.1. The Kier molecular flexibility index (Phi) is 4.14. The number of fused-ring (bicyclic) bond motifs is 3. The molecule has 0 bridgehead atoms. The first-order chi connectivity index (χ1) is 13.2. The lowest BCUT2D eigenvalue weighted by molar-refractivity contribution is -0.196. The van der Waals surface area contributed by atoms with Crippen LogP contribution < -0.4 is 9.47 Å². The SMILES string of the molecule is O=C1Oc2ccc(OCc3ccccc3)cc2[C@H]2CCC3(C[C@H]12)OCCO3. The van der Waals surface area contributed by atoms with Gasteiger partial charge in [0.2, 0.25) is 0 Å². The van der Waals surface area contributed by atoms with Gasteiger partial charge in [0.05, 0.1) is 19.1 Å². The fourth-order valence-corrected chi connectivity index (χ4v) is 4.46. The molecule has 2 atom stereocenters. The molecule has 2 aromatic rings. The van der Waals surface area contributed by atoms with Crippen LogP contribution in [-0.4, -0.2) is 25.0 Å². The van der Waals surface area contributed by atoms with Crippen molar-refractivity contribution in [2.24, 2.45) is 5.92 Å². The van der Waals surface area contributed by atoms with E-state index in [9.17, 15) is 4.79 Å². The average Bonchev–Trinajstić information content (AvgIpc) is 3.15. The molecule has 1 saturated heterocycles. The van der Waals surface area contributed by atoms with Gasteiger partial charge in [-0.15, -0.1) is 0 Å². The van der Waals surface area contributed by atoms with Crippen molar-refractivity contribution in [1.82, 2.24) is 0 Å². The number of hydrogen-bond donors (Lipinski definition) is 0. The molecule has 0 amide bonds. The van der Waals surface area contributed by atoms with Crippen LogP contribution in [-0.2, 0) is 20.9 Å². The van der Waals surface area contributed by atoms with Crippen LogP contribution >= 0.6 is 0 Å². The molecule has 0 aromatic heterocycles. The number of rotatable bonds is 3. The second kappa shape index (κ2) is 6.66. The molecular formula is C22H22O5. The third kappa shape index (κ3) is 3.11. The molecular weight excluding hydrogens is 344 g/mol. The second-order valence-electron chi connectivity index (χ2n) is 7.46. The standard InChI is InChI=1S/C22H22O5/c23-21-19-13-22(25-10-11-26-22)9-8-17(19)18-12-16(6-7-20(18)27-21)24-14-15-4-2-1-3-5-15/h1-7,12,17,19H,8-11,13-14H2/t17-,19+/m1/s1. The second-order valence-corrected chi connectivity index (χ2v) is 7.46. The maximum Gasteiger partial charge on any atom is 0.315 e. The van der Waals surface area contributed by atoms with Gasteiger partial charge in [-0.3, -0.25) is 4.79 Å². The van der Waals surface area contributed by atoms with E-state index in [4.69, 9.17) is 18.9 Å². The van der Waals surface area contributed by atoms with Gasteiger partial charge in [-0.1, -0.05) is 30.3 Å². The highest BCUT2D eigenvalue weighted by molar-refractivity contribution is 5.79. The quantitative estimate of drug-likeness (QED) is 0.611. The first-order valence-electron chi connectivity index (χ1n) is 9.53. The Morgan fingerprint density at radius 1 is 1.04 bits per heavy atom. The Bertz CT molecular complexity index is 841. The Morgan fingerprint density at radius 3 is 2.67 bits per heavy atom. The summed E-state index contributed by atoms with van der Waals surface area (Å²) < 4.78 is 23.2. The summed E-state index contributed by atoms with van der Waals surface area (Å²) in [5, 5.41) is 0. The van der Waals surface area contributed by atoms with Crippen molar-refractivity contribution in [2.75, 3.05) is 13.2 Å².